The Morgan fingerprint density at radius 3 is 2.57 bits per heavy atom. The Hall–Kier alpha value is -1.55. The van der Waals surface area contributed by atoms with Crippen LogP contribution in [0, 0.1) is 5.92 Å². The van der Waals surface area contributed by atoms with Crippen LogP contribution in [0.3, 0.4) is 0 Å². The number of hydrogen-bond acceptors (Lipinski definition) is 3. The van der Waals surface area contributed by atoms with E-state index in [0.29, 0.717) is 13.1 Å². The van der Waals surface area contributed by atoms with Crippen LogP contribution in [-0.2, 0) is 11.2 Å². The molecule has 0 aliphatic carbocycles. The molecule has 21 heavy (non-hydrogen) atoms. The minimum atomic E-state index is 0.137. The van der Waals surface area contributed by atoms with Gasteiger partial charge in [0.15, 0.2) is 0 Å². The zero-order valence-electron chi connectivity index (χ0n) is 13.1. The van der Waals surface area contributed by atoms with Gasteiger partial charge in [0.25, 0.3) is 0 Å². The van der Waals surface area contributed by atoms with Crippen molar-refractivity contribution < 1.29 is 9.53 Å². The molecule has 0 saturated carbocycles. The highest BCUT2D eigenvalue weighted by Gasteiger charge is 2.17. The summed E-state index contributed by atoms with van der Waals surface area (Å²) in [7, 11) is 1.66. The highest BCUT2D eigenvalue weighted by molar-refractivity contribution is 5.78. The molecule has 1 aliphatic rings. The summed E-state index contributed by atoms with van der Waals surface area (Å²) in [5.74, 6) is 1.81. The number of carbonyl (C=O) groups excluding carboxylic acids is 1. The van der Waals surface area contributed by atoms with E-state index in [1.54, 1.807) is 7.11 Å². The molecule has 0 radical (unpaired) electrons. The summed E-state index contributed by atoms with van der Waals surface area (Å²) < 4.78 is 5.13. The summed E-state index contributed by atoms with van der Waals surface area (Å²) >= 11 is 0. The Kier molecular flexibility index (Phi) is 6.05. The second-order valence-electron chi connectivity index (χ2n) is 5.91. The zero-order valence-corrected chi connectivity index (χ0v) is 13.1. The number of nitrogens with one attached hydrogen (secondary N) is 1. The van der Waals surface area contributed by atoms with Crippen molar-refractivity contribution in [1.82, 2.24) is 10.2 Å². The summed E-state index contributed by atoms with van der Waals surface area (Å²) in [5, 5.41) is 3.01. The quantitative estimate of drug-likeness (QED) is 0.872. The monoisotopic (exact) mass is 290 g/mol. The third kappa shape index (κ3) is 5.38. The van der Waals surface area contributed by atoms with Crippen LogP contribution >= 0.6 is 0 Å². The van der Waals surface area contributed by atoms with Crippen LogP contribution in [-0.4, -0.2) is 44.1 Å². The number of carbonyl (C=O) groups is 1. The lowest BCUT2D eigenvalue weighted by atomic mass is 9.99. The van der Waals surface area contributed by atoms with E-state index < -0.39 is 0 Å². The second-order valence-corrected chi connectivity index (χ2v) is 5.91. The Labute approximate surface area is 127 Å². The zero-order chi connectivity index (χ0) is 15.1. The fourth-order valence-corrected chi connectivity index (χ4v) is 2.62. The van der Waals surface area contributed by atoms with Gasteiger partial charge in [-0.2, -0.15) is 0 Å². The number of methoxy groups -OCH3 is 1. The molecule has 0 spiro atoms. The Balaban J connectivity index is 1.64. The molecule has 4 heteroatoms. The molecule has 1 aromatic carbocycles. The van der Waals surface area contributed by atoms with E-state index in [1.807, 2.05) is 24.3 Å². The van der Waals surface area contributed by atoms with E-state index >= 15 is 0 Å². The standard InChI is InChI=1S/C17H26N2O2/c1-14-8-11-19(12-9-14)13-17(20)18-10-7-15-3-5-16(21-2)6-4-15/h3-6,14H,7-13H2,1-2H3,(H,18,20). The molecule has 2 rings (SSSR count). The lowest BCUT2D eigenvalue weighted by Gasteiger charge is -2.29. The molecule has 0 atom stereocenters. The predicted octanol–water partition coefficient (Wildman–Crippen LogP) is 2.09. The summed E-state index contributed by atoms with van der Waals surface area (Å²) in [4.78, 5) is 14.2. The lowest BCUT2D eigenvalue weighted by Crippen LogP contribution is -2.41. The summed E-state index contributed by atoms with van der Waals surface area (Å²) in [6.45, 7) is 5.61. The fraction of sp³-hybridized carbons (Fsp3) is 0.588. The minimum Gasteiger partial charge on any atom is -0.497 e. The largest absolute Gasteiger partial charge is 0.497 e. The molecular formula is C17H26N2O2. The predicted molar refractivity (Wildman–Crippen MR) is 84.5 cm³/mol. The van der Waals surface area contributed by atoms with E-state index in [0.717, 1.165) is 31.2 Å². The maximum absolute atomic E-state index is 11.9. The van der Waals surface area contributed by atoms with Crippen molar-refractivity contribution >= 4 is 5.91 Å². The topological polar surface area (TPSA) is 41.6 Å². The molecule has 1 heterocycles. The normalized spacial score (nSPS) is 16.7. The van der Waals surface area contributed by atoms with Crippen molar-refractivity contribution in [3.63, 3.8) is 0 Å². The van der Waals surface area contributed by atoms with Gasteiger partial charge in [-0.05, 0) is 56.0 Å². The van der Waals surface area contributed by atoms with Crippen LogP contribution in [0.2, 0.25) is 0 Å². The third-order valence-electron chi connectivity index (χ3n) is 4.14. The van der Waals surface area contributed by atoms with Crippen LogP contribution in [0.1, 0.15) is 25.3 Å². The molecule has 1 aliphatic heterocycles. The van der Waals surface area contributed by atoms with Crippen LogP contribution in [0.25, 0.3) is 0 Å². The molecule has 0 unspecified atom stereocenters. The van der Waals surface area contributed by atoms with Gasteiger partial charge in [0.2, 0.25) is 5.91 Å². The van der Waals surface area contributed by atoms with Crippen molar-refractivity contribution in [3.8, 4) is 5.75 Å². The Bertz CT molecular complexity index is 437. The molecular weight excluding hydrogens is 264 g/mol. The molecule has 4 nitrogen and oxygen atoms in total. The van der Waals surface area contributed by atoms with E-state index in [1.165, 1.54) is 18.4 Å². The van der Waals surface area contributed by atoms with Gasteiger partial charge in [-0.1, -0.05) is 19.1 Å². The van der Waals surface area contributed by atoms with Crippen molar-refractivity contribution in [1.29, 1.82) is 0 Å². The SMILES string of the molecule is COc1ccc(CCNC(=O)CN2CCC(C)CC2)cc1. The molecule has 1 N–H and O–H groups in total. The summed E-state index contributed by atoms with van der Waals surface area (Å²) in [6.07, 6.45) is 3.27. The first-order valence-electron chi connectivity index (χ1n) is 7.79. The first-order chi connectivity index (χ1) is 10.2. The van der Waals surface area contributed by atoms with Crippen molar-refractivity contribution in [3.05, 3.63) is 29.8 Å². The molecule has 0 bridgehead atoms. The first kappa shape index (κ1) is 15.8. The lowest BCUT2D eigenvalue weighted by molar-refractivity contribution is -0.122. The Morgan fingerprint density at radius 2 is 1.95 bits per heavy atom. The van der Waals surface area contributed by atoms with Gasteiger partial charge < -0.3 is 10.1 Å². The number of piperidine rings is 1. The van der Waals surface area contributed by atoms with Crippen molar-refractivity contribution in [2.75, 3.05) is 33.3 Å². The van der Waals surface area contributed by atoms with Crippen molar-refractivity contribution in [2.45, 2.75) is 26.2 Å². The number of ether oxygens (including phenoxy) is 1. The van der Waals surface area contributed by atoms with Gasteiger partial charge in [-0.15, -0.1) is 0 Å². The van der Waals surface area contributed by atoms with E-state index in [-0.39, 0.29) is 5.91 Å². The average Bonchev–Trinajstić information content (AvgIpc) is 2.50. The number of hydrogen-bond donors (Lipinski definition) is 1. The highest BCUT2D eigenvalue weighted by atomic mass is 16.5. The van der Waals surface area contributed by atoms with Gasteiger partial charge in [-0.25, -0.2) is 0 Å². The second kappa shape index (κ2) is 8.03. The third-order valence-corrected chi connectivity index (χ3v) is 4.14. The smallest absolute Gasteiger partial charge is 0.234 e. The first-order valence-corrected chi connectivity index (χ1v) is 7.79. The molecule has 1 fully saturated rings. The number of rotatable bonds is 6. The number of nitrogens with zero attached hydrogens (tertiary/aromatic N) is 1. The highest BCUT2D eigenvalue weighted by Crippen LogP contribution is 2.15. The minimum absolute atomic E-state index is 0.137. The fourth-order valence-electron chi connectivity index (χ4n) is 2.62. The number of benzene rings is 1. The molecule has 1 saturated heterocycles. The van der Waals surface area contributed by atoms with Gasteiger partial charge >= 0.3 is 0 Å². The summed E-state index contributed by atoms with van der Waals surface area (Å²) in [6, 6.07) is 7.98. The van der Waals surface area contributed by atoms with Gasteiger partial charge in [0, 0.05) is 6.54 Å². The van der Waals surface area contributed by atoms with Crippen LogP contribution in [0.5, 0.6) is 5.75 Å². The van der Waals surface area contributed by atoms with Crippen LogP contribution < -0.4 is 10.1 Å². The van der Waals surface area contributed by atoms with E-state index in [9.17, 15) is 4.79 Å². The van der Waals surface area contributed by atoms with Gasteiger partial charge in [-0.3, -0.25) is 9.69 Å². The van der Waals surface area contributed by atoms with Gasteiger partial charge in [0.05, 0.1) is 13.7 Å². The average molecular weight is 290 g/mol. The van der Waals surface area contributed by atoms with Crippen molar-refractivity contribution in [2.24, 2.45) is 5.92 Å². The van der Waals surface area contributed by atoms with E-state index in [4.69, 9.17) is 4.74 Å². The van der Waals surface area contributed by atoms with Gasteiger partial charge in [0.1, 0.15) is 5.75 Å². The van der Waals surface area contributed by atoms with Crippen LogP contribution in [0.4, 0.5) is 0 Å². The van der Waals surface area contributed by atoms with Crippen LogP contribution in [0.15, 0.2) is 24.3 Å². The Morgan fingerprint density at radius 1 is 1.29 bits per heavy atom. The molecule has 0 aromatic heterocycles. The summed E-state index contributed by atoms with van der Waals surface area (Å²) in [5.41, 5.74) is 1.21. The molecule has 116 valence electrons. The molecule has 1 aromatic rings. The number of likely N-dealkylation sites (tertiary alicyclic amines) is 1. The maximum Gasteiger partial charge on any atom is 0.234 e. The van der Waals surface area contributed by atoms with E-state index in [2.05, 4.69) is 17.1 Å². The number of amides is 1. The molecule has 1 amide bonds. The maximum atomic E-state index is 11.9.